The average molecular weight is 251 g/mol. The molecule has 0 saturated carbocycles. The van der Waals surface area contributed by atoms with Gasteiger partial charge in [-0.1, -0.05) is 0 Å². The summed E-state index contributed by atoms with van der Waals surface area (Å²) in [4.78, 5) is 22.0. The van der Waals surface area contributed by atoms with E-state index in [1.807, 2.05) is 31.7 Å². The van der Waals surface area contributed by atoms with Crippen LogP contribution in [0, 0.1) is 6.92 Å². The Bertz CT molecular complexity index is 407. The molecular formula is C12H21N5O. The fourth-order valence-corrected chi connectivity index (χ4v) is 1.56. The lowest BCUT2D eigenvalue weighted by atomic mass is 10.3. The van der Waals surface area contributed by atoms with Crippen LogP contribution in [0.4, 0.5) is 11.8 Å². The van der Waals surface area contributed by atoms with Crippen molar-refractivity contribution in [1.29, 1.82) is 0 Å². The molecular weight excluding hydrogens is 230 g/mol. The maximum atomic E-state index is 11.4. The number of hydrogen-bond donors (Lipinski definition) is 2. The summed E-state index contributed by atoms with van der Waals surface area (Å²) in [6.07, 6.45) is 0. The van der Waals surface area contributed by atoms with Crippen LogP contribution in [0.5, 0.6) is 0 Å². The molecule has 0 radical (unpaired) electrons. The first-order valence-electron chi connectivity index (χ1n) is 6.15. The van der Waals surface area contributed by atoms with Crippen molar-refractivity contribution in [2.45, 2.75) is 20.8 Å². The molecule has 0 saturated heterocycles. The van der Waals surface area contributed by atoms with E-state index in [0.717, 1.165) is 24.6 Å². The van der Waals surface area contributed by atoms with Crippen LogP contribution >= 0.6 is 0 Å². The van der Waals surface area contributed by atoms with E-state index in [1.54, 1.807) is 7.05 Å². The molecule has 0 spiro atoms. The van der Waals surface area contributed by atoms with E-state index in [4.69, 9.17) is 0 Å². The highest BCUT2D eigenvalue weighted by Crippen LogP contribution is 2.14. The van der Waals surface area contributed by atoms with Crippen LogP contribution in [-0.4, -0.2) is 42.6 Å². The van der Waals surface area contributed by atoms with Crippen LogP contribution in [0.3, 0.4) is 0 Å². The van der Waals surface area contributed by atoms with Crippen LogP contribution in [0.25, 0.3) is 0 Å². The molecule has 0 aliphatic heterocycles. The van der Waals surface area contributed by atoms with Crippen LogP contribution in [0.2, 0.25) is 0 Å². The summed E-state index contributed by atoms with van der Waals surface area (Å²) in [7, 11) is 1.63. The molecule has 0 bridgehead atoms. The van der Waals surface area contributed by atoms with Gasteiger partial charge in [0, 0.05) is 31.9 Å². The Morgan fingerprint density at radius 3 is 2.67 bits per heavy atom. The standard InChI is InChI=1S/C12H21N5O/c1-5-14-12-15-9(3)7-10(16-12)17(6-2)8-11(18)13-4/h7H,5-6,8H2,1-4H3,(H,13,18)(H,14,15,16). The van der Waals surface area contributed by atoms with Gasteiger partial charge in [-0.3, -0.25) is 4.79 Å². The van der Waals surface area contributed by atoms with E-state index in [2.05, 4.69) is 20.6 Å². The molecule has 0 aromatic carbocycles. The third kappa shape index (κ3) is 3.87. The van der Waals surface area contributed by atoms with Gasteiger partial charge < -0.3 is 15.5 Å². The van der Waals surface area contributed by atoms with Crippen molar-refractivity contribution in [2.24, 2.45) is 0 Å². The maximum absolute atomic E-state index is 11.4. The first-order valence-corrected chi connectivity index (χ1v) is 6.15. The molecule has 1 aromatic rings. The fraction of sp³-hybridized carbons (Fsp3) is 0.583. The Labute approximate surface area is 108 Å². The molecule has 18 heavy (non-hydrogen) atoms. The second-order valence-corrected chi connectivity index (χ2v) is 3.91. The van der Waals surface area contributed by atoms with E-state index < -0.39 is 0 Å². The zero-order chi connectivity index (χ0) is 13.5. The van der Waals surface area contributed by atoms with Crippen molar-refractivity contribution in [3.05, 3.63) is 11.8 Å². The van der Waals surface area contributed by atoms with Crippen LogP contribution in [-0.2, 0) is 4.79 Å². The minimum Gasteiger partial charge on any atom is -0.358 e. The van der Waals surface area contributed by atoms with Crippen molar-refractivity contribution in [3.8, 4) is 0 Å². The normalized spacial score (nSPS) is 10.0. The van der Waals surface area contributed by atoms with Gasteiger partial charge in [0.05, 0.1) is 6.54 Å². The van der Waals surface area contributed by atoms with Crippen molar-refractivity contribution in [2.75, 3.05) is 36.9 Å². The monoisotopic (exact) mass is 251 g/mol. The van der Waals surface area contributed by atoms with Gasteiger partial charge in [-0.15, -0.1) is 0 Å². The number of nitrogens with one attached hydrogen (secondary N) is 2. The van der Waals surface area contributed by atoms with Gasteiger partial charge in [0.1, 0.15) is 5.82 Å². The van der Waals surface area contributed by atoms with Crippen molar-refractivity contribution < 1.29 is 4.79 Å². The first-order chi connectivity index (χ1) is 8.60. The Kier molecular flexibility index (Phi) is 5.35. The summed E-state index contributed by atoms with van der Waals surface area (Å²) in [5, 5.41) is 5.70. The molecule has 1 rings (SSSR count). The summed E-state index contributed by atoms with van der Waals surface area (Å²) < 4.78 is 0. The molecule has 0 aliphatic carbocycles. The Balaban J connectivity index is 2.93. The molecule has 0 aliphatic rings. The molecule has 100 valence electrons. The van der Waals surface area contributed by atoms with Crippen LogP contribution in [0.15, 0.2) is 6.07 Å². The molecule has 6 heteroatoms. The van der Waals surface area contributed by atoms with Gasteiger partial charge in [-0.2, -0.15) is 4.98 Å². The molecule has 0 atom stereocenters. The van der Waals surface area contributed by atoms with Gasteiger partial charge in [-0.05, 0) is 20.8 Å². The van der Waals surface area contributed by atoms with Gasteiger partial charge in [-0.25, -0.2) is 4.98 Å². The quantitative estimate of drug-likeness (QED) is 0.782. The van der Waals surface area contributed by atoms with E-state index >= 15 is 0 Å². The lowest BCUT2D eigenvalue weighted by Gasteiger charge is -2.21. The average Bonchev–Trinajstić information content (AvgIpc) is 2.35. The SMILES string of the molecule is CCNc1nc(C)cc(N(CC)CC(=O)NC)n1. The first kappa shape index (κ1) is 14.2. The predicted octanol–water partition coefficient (Wildman–Crippen LogP) is 0.789. The molecule has 0 fully saturated rings. The lowest BCUT2D eigenvalue weighted by Crippen LogP contribution is -2.36. The van der Waals surface area contributed by atoms with Crippen molar-refractivity contribution in [3.63, 3.8) is 0 Å². The van der Waals surface area contributed by atoms with Crippen LogP contribution < -0.4 is 15.5 Å². The molecule has 1 aromatic heterocycles. The third-order valence-corrected chi connectivity index (χ3v) is 2.49. The lowest BCUT2D eigenvalue weighted by molar-refractivity contribution is -0.119. The van der Waals surface area contributed by atoms with E-state index in [9.17, 15) is 4.79 Å². The molecule has 1 amide bonds. The maximum Gasteiger partial charge on any atom is 0.239 e. The second-order valence-electron chi connectivity index (χ2n) is 3.91. The Morgan fingerprint density at radius 1 is 1.39 bits per heavy atom. The number of hydrogen-bond acceptors (Lipinski definition) is 5. The largest absolute Gasteiger partial charge is 0.358 e. The Hall–Kier alpha value is -1.85. The highest BCUT2D eigenvalue weighted by Gasteiger charge is 2.11. The number of anilines is 2. The minimum absolute atomic E-state index is 0.0295. The van der Waals surface area contributed by atoms with Crippen molar-refractivity contribution >= 4 is 17.7 Å². The Morgan fingerprint density at radius 2 is 2.11 bits per heavy atom. The molecule has 1 heterocycles. The van der Waals surface area contributed by atoms with Crippen molar-refractivity contribution in [1.82, 2.24) is 15.3 Å². The van der Waals surface area contributed by atoms with Gasteiger partial charge in [0.2, 0.25) is 11.9 Å². The number of rotatable bonds is 6. The van der Waals surface area contributed by atoms with E-state index in [-0.39, 0.29) is 5.91 Å². The minimum atomic E-state index is -0.0295. The fourth-order valence-electron chi connectivity index (χ4n) is 1.56. The summed E-state index contributed by atoms with van der Waals surface area (Å²) in [6.45, 7) is 7.69. The topological polar surface area (TPSA) is 70.2 Å². The highest BCUT2D eigenvalue weighted by atomic mass is 16.1. The van der Waals surface area contributed by atoms with E-state index in [0.29, 0.717) is 12.5 Å². The summed E-state index contributed by atoms with van der Waals surface area (Å²) in [5.74, 6) is 1.34. The molecule has 2 N–H and O–H groups in total. The number of carbonyl (C=O) groups is 1. The molecule has 6 nitrogen and oxygen atoms in total. The second kappa shape index (κ2) is 6.78. The number of aromatic nitrogens is 2. The zero-order valence-corrected chi connectivity index (χ0v) is 11.4. The number of amides is 1. The zero-order valence-electron chi connectivity index (χ0n) is 11.4. The summed E-state index contributed by atoms with van der Waals surface area (Å²) in [5.41, 5.74) is 0.881. The van der Waals surface area contributed by atoms with E-state index in [1.165, 1.54) is 0 Å². The predicted molar refractivity (Wildman–Crippen MR) is 72.9 cm³/mol. The van der Waals surface area contributed by atoms with Gasteiger partial charge in [0.25, 0.3) is 0 Å². The number of carbonyl (C=O) groups excluding carboxylic acids is 1. The molecule has 0 unspecified atom stereocenters. The van der Waals surface area contributed by atoms with Gasteiger partial charge >= 0.3 is 0 Å². The highest BCUT2D eigenvalue weighted by molar-refractivity contribution is 5.80. The number of aryl methyl sites for hydroxylation is 1. The summed E-state index contributed by atoms with van der Waals surface area (Å²) in [6, 6.07) is 1.88. The van der Waals surface area contributed by atoms with Gasteiger partial charge in [0.15, 0.2) is 0 Å². The number of nitrogens with zero attached hydrogens (tertiary/aromatic N) is 3. The smallest absolute Gasteiger partial charge is 0.239 e. The number of likely N-dealkylation sites (N-methyl/N-ethyl adjacent to an activating group) is 2. The van der Waals surface area contributed by atoms with Crippen LogP contribution in [0.1, 0.15) is 19.5 Å². The summed E-state index contributed by atoms with van der Waals surface area (Å²) >= 11 is 0. The third-order valence-electron chi connectivity index (χ3n) is 2.49.